The fourth-order valence-electron chi connectivity index (χ4n) is 1.96. The minimum Gasteiger partial charge on any atom is -0.481 e. The Kier molecular flexibility index (Phi) is 13.4. The number of aliphatic carboxylic acids is 2. The van der Waals surface area contributed by atoms with Gasteiger partial charge in [0.1, 0.15) is 0 Å². The van der Waals surface area contributed by atoms with Gasteiger partial charge in [0.15, 0.2) is 0 Å². The fourth-order valence-corrected chi connectivity index (χ4v) is 1.96. The van der Waals surface area contributed by atoms with Crippen molar-refractivity contribution in [3.8, 4) is 0 Å². The van der Waals surface area contributed by atoms with Crippen LogP contribution < -0.4 is 0 Å². The van der Waals surface area contributed by atoms with Crippen molar-refractivity contribution >= 4 is 35.9 Å². The first-order valence-corrected chi connectivity index (χ1v) is 5.66. The van der Waals surface area contributed by atoms with Crippen molar-refractivity contribution < 1.29 is 19.8 Å². The molecule has 110 valence electrons. The number of halogens is 1. The molecule has 0 aliphatic heterocycles. The molecule has 0 radical (unpaired) electrons. The second-order valence-electron chi connectivity index (χ2n) is 5.30. The molecule has 0 fully saturated rings. The summed E-state index contributed by atoms with van der Waals surface area (Å²) >= 11 is 0. The van der Waals surface area contributed by atoms with Crippen LogP contribution in [0.2, 0.25) is 0 Å². The molecule has 0 aliphatic rings. The lowest BCUT2D eigenvalue weighted by Crippen LogP contribution is -2.18. The summed E-state index contributed by atoms with van der Waals surface area (Å²) in [6, 6.07) is 0. The van der Waals surface area contributed by atoms with Crippen LogP contribution in [0.5, 0.6) is 0 Å². The lowest BCUT2D eigenvalue weighted by atomic mass is 9.78. The van der Waals surface area contributed by atoms with Gasteiger partial charge < -0.3 is 10.2 Å². The largest absolute Gasteiger partial charge is 0.481 e. The number of carbonyl (C=O) groups is 2. The molecule has 0 aliphatic carbocycles. The molecule has 1 atom stereocenters. The molecule has 5 heteroatoms. The molecule has 0 aromatic rings. The van der Waals surface area contributed by atoms with Gasteiger partial charge in [0.25, 0.3) is 0 Å². The molecular formula is C13H27IO4. The maximum Gasteiger partial charge on any atom is 0.303 e. The maximum atomic E-state index is 10.5. The topological polar surface area (TPSA) is 74.6 Å². The molecular weight excluding hydrogens is 347 g/mol. The number of hydrogen-bond acceptors (Lipinski definition) is 2. The summed E-state index contributed by atoms with van der Waals surface area (Å²) in [5.41, 5.74) is -0.0314. The van der Waals surface area contributed by atoms with Gasteiger partial charge in [0.05, 0.1) is 0 Å². The van der Waals surface area contributed by atoms with Crippen molar-refractivity contribution in [3.63, 3.8) is 0 Å². The highest BCUT2D eigenvalue weighted by Gasteiger charge is 2.22. The second kappa shape index (κ2) is 10.6. The minimum atomic E-state index is -0.772. The Morgan fingerprint density at radius 3 is 1.94 bits per heavy atom. The second-order valence-corrected chi connectivity index (χ2v) is 5.30. The van der Waals surface area contributed by atoms with Crippen molar-refractivity contribution in [2.75, 3.05) is 0 Å². The van der Waals surface area contributed by atoms with E-state index in [2.05, 4.69) is 0 Å². The van der Waals surface area contributed by atoms with E-state index in [9.17, 15) is 9.59 Å². The standard InChI is InChI=1S/C12H22O4.CH4.HI/c1-9(4-5-10(13)14)8-12(2,3)7-6-11(15)16;;/h9H,4-8H2,1-3H3,(H,13,14)(H,15,16);1H4;1H. The Morgan fingerprint density at radius 1 is 1.11 bits per heavy atom. The molecule has 0 spiro atoms. The van der Waals surface area contributed by atoms with Crippen molar-refractivity contribution in [2.24, 2.45) is 11.3 Å². The van der Waals surface area contributed by atoms with Gasteiger partial charge in [0, 0.05) is 12.8 Å². The van der Waals surface area contributed by atoms with E-state index in [-0.39, 0.29) is 49.7 Å². The Labute approximate surface area is 127 Å². The van der Waals surface area contributed by atoms with E-state index in [0.717, 1.165) is 6.42 Å². The fraction of sp³-hybridized carbons (Fsp3) is 0.846. The highest BCUT2D eigenvalue weighted by atomic mass is 127. The molecule has 0 heterocycles. The predicted octanol–water partition coefficient (Wildman–Crippen LogP) is 4.02. The van der Waals surface area contributed by atoms with Crippen LogP contribution in [-0.4, -0.2) is 22.2 Å². The van der Waals surface area contributed by atoms with E-state index in [0.29, 0.717) is 18.8 Å². The van der Waals surface area contributed by atoms with Gasteiger partial charge in [-0.2, -0.15) is 0 Å². The van der Waals surface area contributed by atoms with Crippen LogP contribution in [-0.2, 0) is 9.59 Å². The average Bonchev–Trinajstić information content (AvgIpc) is 2.11. The lowest BCUT2D eigenvalue weighted by molar-refractivity contribution is -0.138. The third-order valence-corrected chi connectivity index (χ3v) is 2.77. The Hall–Kier alpha value is -0.330. The maximum absolute atomic E-state index is 10.5. The van der Waals surface area contributed by atoms with Gasteiger partial charge in [-0.1, -0.05) is 28.2 Å². The minimum absolute atomic E-state index is 0. The molecule has 0 aromatic heterocycles. The van der Waals surface area contributed by atoms with Gasteiger partial charge in [-0.3, -0.25) is 9.59 Å². The van der Waals surface area contributed by atoms with E-state index in [1.165, 1.54) is 0 Å². The van der Waals surface area contributed by atoms with Crippen LogP contribution in [0.1, 0.15) is 60.3 Å². The van der Waals surface area contributed by atoms with E-state index >= 15 is 0 Å². The smallest absolute Gasteiger partial charge is 0.303 e. The van der Waals surface area contributed by atoms with E-state index < -0.39 is 11.9 Å². The van der Waals surface area contributed by atoms with Crippen molar-refractivity contribution in [3.05, 3.63) is 0 Å². The number of carboxylic acids is 2. The number of hydrogen-bond donors (Lipinski definition) is 2. The van der Waals surface area contributed by atoms with Crippen LogP contribution in [0.4, 0.5) is 0 Å². The summed E-state index contributed by atoms with van der Waals surface area (Å²) in [6.07, 6.45) is 2.54. The predicted molar refractivity (Wildman–Crippen MR) is 83.4 cm³/mol. The van der Waals surface area contributed by atoms with Crippen molar-refractivity contribution in [1.29, 1.82) is 0 Å². The Balaban J connectivity index is -0.00000112. The quantitative estimate of drug-likeness (QED) is 0.630. The molecule has 0 saturated heterocycles. The zero-order valence-corrected chi connectivity index (χ0v) is 13.1. The number of rotatable bonds is 8. The van der Waals surface area contributed by atoms with Gasteiger partial charge in [-0.25, -0.2) is 0 Å². The molecule has 0 bridgehead atoms. The summed E-state index contributed by atoms with van der Waals surface area (Å²) in [5, 5.41) is 17.2. The monoisotopic (exact) mass is 374 g/mol. The molecule has 18 heavy (non-hydrogen) atoms. The summed E-state index contributed by atoms with van der Waals surface area (Å²) in [7, 11) is 0. The van der Waals surface area contributed by atoms with Crippen molar-refractivity contribution in [2.45, 2.75) is 60.3 Å². The summed E-state index contributed by atoms with van der Waals surface area (Å²) in [4.78, 5) is 20.9. The normalized spacial score (nSPS) is 11.9. The van der Waals surface area contributed by atoms with Crippen LogP contribution in [0.25, 0.3) is 0 Å². The third-order valence-electron chi connectivity index (χ3n) is 2.77. The Bertz CT molecular complexity index is 251. The molecule has 2 N–H and O–H groups in total. The zero-order valence-electron chi connectivity index (χ0n) is 10.7. The van der Waals surface area contributed by atoms with Crippen LogP contribution in [0, 0.1) is 11.3 Å². The van der Waals surface area contributed by atoms with Crippen LogP contribution in [0.15, 0.2) is 0 Å². The molecule has 1 unspecified atom stereocenters. The summed E-state index contributed by atoms with van der Waals surface area (Å²) in [6.45, 7) is 6.09. The van der Waals surface area contributed by atoms with Crippen molar-refractivity contribution in [1.82, 2.24) is 0 Å². The van der Waals surface area contributed by atoms with E-state index in [1.54, 1.807) is 0 Å². The highest BCUT2D eigenvalue weighted by Crippen LogP contribution is 2.32. The number of carboxylic acid groups (broad SMARTS) is 2. The van der Waals surface area contributed by atoms with Gasteiger partial charge >= 0.3 is 11.9 Å². The van der Waals surface area contributed by atoms with Gasteiger partial charge in [0.2, 0.25) is 0 Å². The van der Waals surface area contributed by atoms with Gasteiger partial charge in [-0.15, -0.1) is 24.0 Å². The highest BCUT2D eigenvalue weighted by molar-refractivity contribution is 14.0. The molecule has 0 rings (SSSR count). The first-order chi connectivity index (χ1) is 7.23. The van der Waals surface area contributed by atoms with E-state index in [4.69, 9.17) is 10.2 Å². The molecule has 0 amide bonds. The van der Waals surface area contributed by atoms with Gasteiger partial charge in [-0.05, 0) is 30.6 Å². The summed E-state index contributed by atoms with van der Waals surface area (Å²) < 4.78 is 0. The first-order valence-electron chi connectivity index (χ1n) is 5.66. The zero-order chi connectivity index (χ0) is 12.8. The van der Waals surface area contributed by atoms with Crippen LogP contribution in [0.3, 0.4) is 0 Å². The molecule has 0 saturated carbocycles. The SMILES string of the molecule is C.CC(CCC(=O)O)CC(C)(C)CCC(=O)O.I. The average molecular weight is 374 g/mol. The Morgan fingerprint density at radius 2 is 1.56 bits per heavy atom. The summed E-state index contributed by atoms with van der Waals surface area (Å²) in [5.74, 6) is -1.22. The van der Waals surface area contributed by atoms with E-state index in [1.807, 2.05) is 20.8 Å². The first kappa shape index (κ1) is 22.8. The lowest BCUT2D eigenvalue weighted by Gasteiger charge is -2.27. The van der Waals surface area contributed by atoms with Crippen LogP contribution >= 0.6 is 24.0 Å². The molecule has 0 aromatic carbocycles. The molecule has 4 nitrogen and oxygen atoms in total. The third kappa shape index (κ3) is 13.7.